The van der Waals surface area contributed by atoms with E-state index in [1.807, 2.05) is 32.0 Å². The van der Waals surface area contributed by atoms with E-state index in [4.69, 9.17) is 0 Å². The monoisotopic (exact) mass is 261 g/mol. The van der Waals surface area contributed by atoms with Gasteiger partial charge < -0.3 is 10.4 Å². The highest BCUT2D eigenvalue weighted by Gasteiger charge is 2.20. The molecule has 0 spiro atoms. The summed E-state index contributed by atoms with van der Waals surface area (Å²) in [5, 5.41) is 12.5. The predicted molar refractivity (Wildman–Crippen MR) is 76.2 cm³/mol. The van der Waals surface area contributed by atoms with Crippen LogP contribution in [0.3, 0.4) is 0 Å². The largest absolute Gasteiger partial charge is 0.393 e. The molecule has 1 aliphatic rings. The molecule has 19 heavy (non-hydrogen) atoms. The molecule has 1 saturated carbocycles. The summed E-state index contributed by atoms with van der Waals surface area (Å²) in [5.41, 5.74) is 2.97. The highest BCUT2D eigenvalue weighted by Crippen LogP contribution is 2.23. The lowest BCUT2D eigenvalue weighted by Gasteiger charge is -2.25. The number of nitrogens with one attached hydrogen (secondary N) is 1. The van der Waals surface area contributed by atoms with Gasteiger partial charge in [0.25, 0.3) is 5.91 Å². The number of aliphatic hydroxyl groups excluding tert-OH is 1. The molecule has 1 amide bonds. The van der Waals surface area contributed by atoms with E-state index in [2.05, 4.69) is 5.32 Å². The Morgan fingerprint density at radius 1 is 1.26 bits per heavy atom. The van der Waals surface area contributed by atoms with Crippen LogP contribution in [-0.4, -0.2) is 23.7 Å². The van der Waals surface area contributed by atoms with E-state index >= 15 is 0 Å². The fourth-order valence-electron chi connectivity index (χ4n) is 2.75. The number of carbonyl (C=O) groups is 1. The Labute approximate surface area is 115 Å². The number of hydrogen-bond donors (Lipinski definition) is 2. The van der Waals surface area contributed by atoms with Crippen molar-refractivity contribution in [2.45, 2.75) is 45.6 Å². The average Bonchev–Trinajstić information content (AvgIpc) is 2.37. The summed E-state index contributed by atoms with van der Waals surface area (Å²) in [7, 11) is 0. The lowest BCUT2D eigenvalue weighted by Crippen LogP contribution is -2.32. The lowest BCUT2D eigenvalue weighted by molar-refractivity contribution is 0.0910. The Kier molecular flexibility index (Phi) is 4.59. The number of amides is 1. The number of carbonyl (C=O) groups excluding carboxylic acids is 1. The molecule has 3 heteroatoms. The van der Waals surface area contributed by atoms with Crippen LogP contribution in [0.1, 0.15) is 47.2 Å². The molecule has 0 heterocycles. The molecule has 1 fully saturated rings. The van der Waals surface area contributed by atoms with Crippen molar-refractivity contribution >= 4 is 5.91 Å². The van der Waals surface area contributed by atoms with Crippen LogP contribution in [0.25, 0.3) is 0 Å². The van der Waals surface area contributed by atoms with E-state index < -0.39 is 0 Å². The van der Waals surface area contributed by atoms with Gasteiger partial charge in [0, 0.05) is 12.1 Å². The molecular weight excluding hydrogens is 238 g/mol. The van der Waals surface area contributed by atoms with Crippen LogP contribution in [-0.2, 0) is 0 Å². The molecule has 0 saturated heterocycles. The summed E-state index contributed by atoms with van der Waals surface area (Å²) in [4.78, 5) is 12.1. The van der Waals surface area contributed by atoms with Crippen LogP contribution in [0, 0.1) is 19.8 Å². The van der Waals surface area contributed by atoms with Gasteiger partial charge >= 0.3 is 0 Å². The highest BCUT2D eigenvalue weighted by atomic mass is 16.3. The van der Waals surface area contributed by atoms with E-state index in [0.717, 1.165) is 43.4 Å². The topological polar surface area (TPSA) is 49.3 Å². The molecule has 1 aliphatic carbocycles. The first-order chi connectivity index (χ1) is 9.06. The van der Waals surface area contributed by atoms with Gasteiger partial charge in [-0.15, -0.1) is 0 Å². The van der Waals surface area contributed by atoms with Gasteiger partial charge in [-0.25, -0.2) is 0 Å². The third-order valence-electron chi connectivity index (χ3n) is 3.99. The Morgan fingerprint density at radius 3 is 2.58 bits per heavy atom. The predicted octanol–water partition coefficient (Wildman–Crippen LogP) is 2.58. The minimum atomic E-state index is -0.133. The molecule has 0 radical (unpaired) electrons. The Bertz CT molecular complexity index is 448. The maximum absolute atomic E-state index is 12.1. The molecule has 3 nitrogen and oxygen atoms in total. The fraction of sp³-hybridized carbons (Fsp3) is 0.562. The van der Waals surface area contributed by atoms with Crippen LogP contribution in [0.2, 0.25) is 0 Å². The zero-order chi connectivity index (χ0) is 13.8. The molecule has 1 aromatic rings. The van der Waals surface area contributed by atoms with Crippen LogP contribution in [0.4, 0.5) is 0 Å². The molecular formula is C16H23NO2. The molecule has 0 bridgehead atoms. The van der Waals surface area contributed by atoms with Crippen LogP contribution >= 0.6 is 0 Å². The highest BCUT2D eigenvalue weighted by molar-refractivity contribution is 5.95. The first-order valence-corrected chi connectivity index (χ1v) is 7.10. The Balaban J connectivity index is 1.87. The minimum Gasteiger partial charge on any atom is -0.393 e. The summed E-state index contributed by atoms with van der Waals surface area (Å²) in [6.45, 7) is 4.72. The van der Waals surface area contributed by atoms with Gasteiger partial charge in [0.15, 0.2) is 0 Å². The van der Waals surface area contributed by atoms with Crippen molar-refractivity contribution in [2.24, 2.45) is 5.92 Å². The summed E-state index contributed by atoms with van der Waals surface area (Å²) < 4.78 is 0. The quantitative estimate of drug-likeness (QED) is 0.878. The summed E-state index contributed by atoms with van der Waals surface area (Å²) in [5.74, 6) is 0.529. The van der Waals surface area contributed by atoms with E-state index in [9.17, 15) is 9.90 Å². The second-order valence-corrected chi connectivity index (χ2v) is 5.70. The zero-order valence-electron chi connectivity index (χ0n) is 11.8. The zero-order valence-corrected chi connectivity index (χ0v) is 11.8. The molecule has 0 aliphatic heterocycles. The molecule has 1 aromatic carbocycles. The first-order valence-electron chi connectivity index (χ1n) is 7.10. The average molecular weight is 261 g/mol. The van der Waals surface area contributed by atoms with Crippen LogP contribution in [0.5, 0.6) is 0 Å². The molecule has 0 unspecified atom stereocenters. The van der Waals surface area contributed by atoms with E-state index in [1.165, 1.54) is 5.56 Å². The third kappa shape index (κ3) is 3.80. The molecule has 2 N–H and O–H groups in total. The van der Waals surface area contributed by atoms with Crippen molar-refractivity contribution < 1.29 is 9.90 Å². The molecule has 2 rings (SSSR count). The maximum Gasteiger partial charge on any atom is 0.251 e. The maximum atomic E-state index is 12.1. The second-order valence-electron chi connectivity index (χ2n) is 5.70. The van der Waals surface area contributed by atoms with E-state index in [0.29, 0.717) is 5.92 Å². The molecule has 0 aromatic heterocycles. The summed E-state index contributed by atoms with van der Waals surface area (Å²) in [6, 6.07) is 5.90. The SMILES string of the molecule is Cc1ccc(C(=O)NCC2CCC(O)CC2)c(C)c1. The number of rotatable bonds is 3. The van der Waals surface area contributed by atoms with Gasteiger partial charge in [0.2, 0.25) is 0 Å². The fourth-order valence-corrected chi connectivity index (χ4v) is 2.75. The van der Waals surface area contributed by atoms with Crippen LogP contribution in [0.15, 0.2) is 18.2 Å². The lowest BCUT2D eigenvalue weighted by atomic mass is 9.87. The molecule has 0 atom stereocenters. The van der Waals surface area contributed by atoms with Gasteiger partial charge in [0.05, 0.1) is 6.10 Å². The van der Waals surface area contributed by atoms with Crippen molar-refractivity contribution in [1.29, 1.82) is 0 Å². The number of hydrogen-bond acceptors (Lipinski definition) is 2. The number of aryl methyl sites for hydroxylation is 2. The van der Waals surface area contributed by atoms with Crippen molar-refractivity contribution in [3.05, 3.63) is 34.9 Å². The second kappa shape index (κ2) is 6.20. The van der Waals surface area contributed by atoms with Gasteiger partial charge in [-0.1, -0.05) is 17.7 Å². The van der Waals surface area contributed by atoms with Crippen molar-refractivity contribution in [3.8, 4) is 0 Å². The van der Waals surface area contributed by atoms with Gasteiger partial charge in [-0.3, -0.25) is 4.79 Å². The van der Waals surface area contributed by atoms with E-state index in [1.54, 1.807) is 0 Å². The van der Waals surface area contributed by atoms with Crippen molar-refractivity contribution in [1.82, 2.24) is 5.32 Å². The normalized spacial score (nSPS) is 23.1. The Hall–Kier alpha value is -1.35. The smallest absolute Gasteiger partial charge is 0.251 e. The van der Waals surface area contributed by atoms with E-state index in [-0.39, 0.29) is 12.0 Å². The Morgan fingerprint density at radius 2 is 1.95 bits per heavy atom. The minimum absolute atomic E-state index is 0.0172. The van der Waals surface area contributed by atoms with Gasteiger partial charge in [-0.2, -0.15) is 0 Å². The van der Waals surface area contributed by atoms with Gasteiger partial charge in [0.1, 0.15) is 0 Å². The first kappa shape index (κ1) is 14.1. The standard InChI is InChI=1S/C16H23NO2/c1-11-3-8-15(12(2)9-11)16(19)17-10-13-4-6-14(18)7-5-13/h3,8-9,13-14,18H,4-7,10H2,1-2H3,(H,17,19). The van der Waals surface area contributed by atoms with Crippen LogP contribution < -0.4 is 5.32 Å². The van der Waals surface area contributed by atoms with Gasteiger partial charge in [-0.05, 0) is 57.1 Å². The summed E-state index contributed by atoms with van der Waals surface area (Å²) in [6.07, 6.45) is 3.61. The van der Waals surface area contributed by atoms with Crippen molar-refractivity contribution in [3.63, 3.8) is 0 Å². The molecule has 104 valence electrons. The number of benzene rings is 1. The van der Waals surface area contributed by atoms with Crippen molar-refractivity contribution in [2.75, 3.05) is 6.54 Å². The summed E-state index contributed by atoms with van der Waals surface area (Å²) >= 11 is 0. The third-order valence-corrected chi connectivity index (χ3v) is 3.99. The number of aliphatic hydroxyl groups is 1.